The third-order valence-electron chi connectivity index (χ3n) is 7.60. The van der Waals surface area contributed by atoms with Gasteiger partial charge < -0.3 is 24.6 Å². The lowest BCUT2D eigenvalue weighted by Gasteiger charge is -2.27. The van der Waals surface area contributed by atoms with Gasteiger partial charge in [0.15, 0.2) is 17.4 Å². The van der Waals surface area contributed by atoms with Crippen molar-refractivity contribution in [2.24, 2.45) is 0 Å². The lowest BCUT2D eigenvalue weighted by atomic mass is 10.1. The molecule has 0 amide bonds. The fourth-order valence-corrected chi connectivity index (χ4v) is 5.48. The summed E-state index contributed by atoms with van der Waals surface area (Å²) in [6.45, 7) is 0.927. The van der Waals surface area contributed by atoms with Crippen molar-refractivity contribution in [2.45, 2.75) is 44.2 Å². The van der Waals surface area contributed by atoms with Crippen LogP contribution in [0.5, 0.6) is 0 Å². The van der Waals surface area contributed by atoms with E-state index in [0.717, 1.165) is 16.7 Å². The van der Waals surface area contributed by atoms with Crippen molar-refractivity contribution in [2.75, 3.05) is 18.6 Å². The van der Waals surface area contributed by atoms with E-state index in [9.17, 15) is 15.0 Å². The first-order valence-corrected chi connectivity index (χ1v) is 13.9. The number of imidazole rings is 1. The van der Waals surface area contributed by atoms with Gasteiger partial charge in [0.05, 0.1) is 19.5 Å². The van der Waals surface area contributed by atoms with Gasteiger partial charge in [-0.2, -0.15) is 4.98 Å². The van der Waals surface area contributed by atoms with Crippen molar-refractivity contribution in [1.82, 2.24) is 19.1 Å². The first-order valence-electron chi connectivity index (χ1n) is 13.9. The number of ether oxygens (including phenoxy) is 2. The van der Waals surface area contributed by atoms with Crippen LogP contribution in [0.1, 0.15) is 22.9 Å². The van der Waals surface area contributed by atoms with Gasteiger partial charge in [0.1, 0.15) is 18.3 Å². The quantitative estimate of drug-likeness (QED) is 0.265. The van der Waals surface area contributed by atoms with E-state index in [1.54, 1.807) is 9.13 Å². The summed E-state index contributed by atoms with van der Waals surface area (Å²) in [5.74, 6) is 0.469. The van der Waals surface area contributed by atoms with E-state index in [-0.39, 0.29) is 17.7 Å². The van der Waals surface area contributed by atoms with Crippen molar-refractivity contribution < 1.29 is 19.7 Å². The molecule has 5 aromatic rings. The Morgan fingerprint density at radius 1 is 0.905 bits per heavy atom. The van der Waals surface area contributed by atoms with Gasteiger partial charge in [0.25, 0.3) is 5.56 Å². The van der Waals surface area contributed by atoms with Crippen molar-refractivity contribution in [3.63, 3.8) is 0 Å². The standard InChI is InChI=1S/C32H33N5O5/c1-41-28-27(39)25(20-38)42-31(28)37-21-33-26-29(37)34-32(36(30(26)40)19-24-15-9-4-10-16-24)35(17-22-11-5-2-6-12-22)18-23-13-7-3-8-14-23/h2-16,21,25,27-28,31,38-39H,17-20H2,1H3/t25-,27-,28-,31-/m1/s1. The molecule has 42 heavy (non-hydrogen) atoms. The minimum Gasteiger partial charge on any atom is -0.394 e. The monoisotopic (exact) mass is 567 g/mol. The Morgan fingerprint density at radius 3 is 2.02 bits per heavy atom. The summed E-state index contributed by atoms with van der Waals surface area (Å²) in [7, 11) is 1.47. The number of hydrogen-bond acceptors (Lipinski definition) is 8. The van der Waals surface area contributed by atoms with Gasteiger partial charge in [0, 0.05) is 20.2 Å². The zero-order valence-electron chi connectivity index (χ0n) is 23.2. The number of aliphatic hydroxyl groups is 2. The number of anilines is 1. The van der Waals surface area contributed by atoms with Gasteiger partial charge in [-0.3, -0.25) is 13.9 Å². The van der Waals surface area contributed by atoms with Crippen LogP contribution in [-0.2, 0) is 29.1 Å². The molecule has 6 rings (SSSR count). The maximum atomic E-state index is 14.2. The highest BCUT2D eigenvalue weighted by molar-refractivity contribution is 5.71. The number of hydrogen-bond donors (Lipinski definition) is 2. The average Bonchev–Trinajstić information content (AvgIpc) is 3.59. The highest BCUT2D eigenvalue weighted by Crippen LogP contribution is 2.33. The molecule has 2 N–H and O–H groups in total. The van der Waals surface area contributed by atoms with Crippen molar-refractivity contribution in [1.29, 1.82) is 0 Å². The van der Waals surface area contributed by atoms with Crippen LogP contribution in [0.3, 0.4) is 0 Å². The SMILES string of the molecule is CO[C@@H]1[C@H](O)[C@@H](CO)O[C@H]1n1cnc2c(=O)n(Cc3ccccc3)c(N(Cc3ccccc3)Cc3ccccc3)nc21. The molecule has 1 aliphatic heterocycles. The molecule has 0 saturated carbocycles. The third kappa shape index (κ3) is 5.45. The molecule has 10 nitrogen and oxygen atoms in total. The van der Waals surface area contributed by atoms with E-state index in [2.05, 4.69) is 9.88 Å². The second-order valence-corrected chi connectivity index (χ2v) is 10.4. The maximum Gasteiger partial charge on any atom is 0.283 e. The molecule has 0 unspecified atom stereocenters. The normalized spacial score (nSPS) is 20.3. The van der Waals surface area contributed by atoms with E-state index >= 15 is 0 Å². The summed E-state index contributed by atoms with van der Waals surface area (Å²) < 4.78 is 14.8. The van der Waals surface area contributed by atoms with Crippen molar-refractivity contribution >= 4 is 17.1 Å². The van der Waals surface area contributed by atoms with Crippen LogP contribution in [0.25, 0.3) is 11.2 Å². The molecule has 0 bridgehead atoms. The van der Waals surface area contributed by atoms with Crippen LogP contribution in [0, 0.1) is 0 Å². The van der Waals surface area contributed by atoms with Crippen molar-refractivity contribution in [3.8, 4) is 0 Å². The molecule has 216 valence electrons. The Hall–Kier alpha value is -4.35. The number of rotatable bonds is 10. The number of aromatic nitrogens is 4. The largest absolute Gasteiger partial charge is 0.394 e. The molecule has 1 saturated heterocycles. The highest BCUT2D eigenvalue weighted by atomic mass is 16.6. The fourth-order valence-electron chi connectivity index (χ4n) is 5.48. The molecule has 0 spiro atoms. The lowest BCUT2D eigenvalue weighted by molar-refractivity contribution is -0.0583. The van der Waals surface area contributed by atoms with Gasteiger partial charge >= 0.3 is 0 Å². The van der Waals surface area contributed by atoms with Crippen LogP contribution < -0.4 is 10.5 Å². The summed E-state index contributed by atoms with van der Waals surface area (Å²) in [6.07, 6.45) is -2.05. The smallest absolute Gasteiger partial charge is 0.283 e. The molecule has 3 heterocycles. The Bertz CT molecular complexity index is 1630. The van der Waals surface area contributed by atoms with E-state index < -0.39 is 24.5 Å². The summed E-state index contributed by atoms with van der Waals surface area (Å²) in [4.78, 5) is 25.8. The molecule has 0 aliphatic carbocycles. The summed E-state index contributed by atoms with van der Waals surface area (Å²) in [5, 5.41) is 20.4. The number of methoxy groups -OCH3 is 1. The Morgan fingerprint density at radius 2 is 1.48 bits per heavy atom. The summed E-state index contributed by atoms with van der Waals surface area (Å²) in [5.41, 5.74) is 3.27. The third-order valence-corrected chi connectivity index (χ3v) is 7.60. The number of benzene rings is 3. The summed E-state index contributed by atoms with van der Waals surface area (Å²) in [6, 6.07) is 29.9. The second kappa shape index (κ2) is 12.3. The number of fused-ring (bicyclic) bond motifs is 1. The Kier molecular flexibility index (Phi) is 8.11. The topological polar surface area (TPSA) is 115 Å². The zero-order valence-corrected chi connectivity index (χ0v) is 23.2. The molecule has 10 heteroatoms. The van der Waals surface area contributed by atoms with Crippen LogP contribution in [0.2, 0.25) is 0 Å². The van der Waals surface area contributed by atoms with Gasteiger partial charge in [-0.25, -0.2) is 4.98 Å². The van der Waals surface area contributed by atoms with Crippen LogP contribution in [0.15, 0.2) is 102 Å². The predicted molar refractivity (Wildman–Crippen MR) is 158 cm³/mol. The first kappa shape index (κ1) is 27.8. The zero-order chi connectivity index (χ0) is 29.1. The average molecular weight is 568 g/mol. The van der Waals surface area contributed by atoms with Crippen LogP contribution in [-0.4, -0.2) is 61.3 Å². The first-order chi connectivity index (χ1) is 20.6. The van der Waals surface area contributed by atoms with Crippen molar-refractivity contribution in [3.05, 3.63) is 124 Å². The lowest BCUT2D eigenvalue weighted by Crippen LogP contribution is -2.35. The van der Waals surface area contributed by atoms with Gasteiger partial charge in [-0.15, -0.1) is 0 Å². The minimum absolute atomic E-state index is 0.175. The minimum atomic E-state index is -1.06. The van der Waals surface area contributed by atoms with Gasteiger partial charge in [-0.1, -0.05) is 91.0 Å². The molecule has 3 aromatic carbocycles. The molecule has 4 atom stereocenters. The fraction of sp³-hybridized carbons (Fsp3) is 0.281. The number of aliphatic hydroxyl groups excluding tert-OH is 2. The summed E-state index contributed by atoms with van der Waals surface area (Å²) >= 11 is 0. The maximum absolute atomic E-state index is 14.2. The van der Waals surface area contributed by atoms with Crippen LogP contribution in [0.4, 0.5) is 5.95 Å². The van der Waals surface area contributed by atoms with Crippen LogP contribution >= 0.6 is 0 Å². The molecule has 1 fully saturated rings. The Balaban J connectivity index is 1.53. The van der Waals surface area contributed by atoms with E-state index in [0.29, 0.717) is 31.2 Å². The molecular weight excluding hydrogens is 534 g/mol. The molecule has 1 aliphatic rings. The van der Waals surface area contributed by atoms with E-state index in [1.807, 2.05) is 91.0 Å². The molecule has 2 aromatic heterocycles. The van der Waals surface area contributed by atoms with E-state index in [1.165, 1.54) is 13.4 Å². The predicted octanol–water partition coefficient (Wildman–Crippen LogP) is 3.11. The number of nitrogens with zero attached hydrogens (tertiary/aromatic N) is 5. The van der Waals surface area contributed by atoms with Gasteiger partial charge in [-0.05, 0) is 16.7 Å². The van der Waals surface area contributed by atoms with Gasteiger partial charge in [0.2, 0.25) is 5.95 Å². The molecule has 0 radical (unpaired) electrons. The highest BCUT2D eigenvalue weighted by Gasteiger charge is 2.45. The second-order valence-electron chi connectivity index (χ2n) is 10.4. The Labute approximate surface area is 243 Å². The molecular formula is C32H33N5O5. The van der Waals surface area contributed by atoms with E-state index in [4.69, 9.17) is 14.5 Å².